The van der Waals surface area contributed by atoms with E-state index in [2.05, 4.69) is 5.32 Å². The predicted octanol–water partition coefficient (Wildman–Crippen LogP) is 2.18. The second-order valence-corrected chi connectivity index (χ2v) is 6.35. The highest BCUT2D eigenvalue weighted by Crippen LogP contribution is 2.11. The second-order valence-electron chi connectivity index (χ2n) is 6.35. The lowest BCUT2D eigenvalue weighted by atomic mass is 10.1. The molecule has 1 amide bonds. The van der Waals surface area contributed by atoms with Gasteiger partial charge in [-0.25, -0.2) is 9.59 Å². The Bertz CT molecular complexity index is 447. The van der Waals surface area contributed by atoms with Crippen LogP contribution in [0, 0.1) is 0 Å². The molecule has 0 atom stereocenters. The third-order valence-corrected chi connectivity index (χ3v) is 2.57. The maximum Gasteiger partial charge on any atom is 0.408 e. The summed E-state index contributed by atoms with van der Waals surface area (Å²) in [7, 11) is 0. The number of nitrogens with one attached hydrogen (secondary N) is 1. The highest BCUT2D eigenvalue weighted by Gasteiger charge is 2.33. The number of carbonyl (C=O) groups excluding carboxylic acids is 2. The molecule has 0 spiro atoms. The van der Waals surface area contributed by atoms with Gasteiger partial charge >= 0.3 is 12.1 Å². The van der Waals surface area contributed by atoms with E-state index in [-0.39, 0.29) is 6.73 Å². The molecule has 0 aromatic heterocycles. The number of amides is 1. The van der Waals surface area contributed by atoms with Crippen molar-refractivity contribution in [1.29, 1.82) is 0 Å². The van der Waals surface area contributed by atoms with Gasteiger partial charge in [-0.3, -0.25) is 0 Å². The number of hydrogen-bond donors (Lipinski definition) is 1. The van der Waals surface area contributed by atoms with Crippen molar-refractivity contribution in [2.24, 2.45) is 0 Å². The van der Waals surface area contributed by atoms with Crippen molar-refractivity contribution in [3.05, 3.63) is 24.4 Å². The van der Waals surface area contributed by atoms with Crippen molar-refractivity contribution in [3.8, 4) is 0 Å². The molecular weight excluding hydrogens is 272 g/mol. The number of carbonyl (C=O) groups is 2. The molecule has 0 radical (unpaired) electrons. The number of ether oxygens (including phenoxy) is 2. The van der Waals surface area contributed by atoms with Crippen LogP contribution in [-0.2, 0) is 14.3 Å². The van der Waals surface area contributed by atoms with Gasteiger partial charge < -0.3 is 19.7 Å². The van der Waals surface area contributed by atoms with E-state index in [1.807, 2.05) is 29.3 Å². The van der Waals surface area contributed by atoms with Crippen LogP contribution in [0.4, 0.5) is 4.79 Å². The molecule has 118 valence electrons. The molecule has 0 aromatic carbocycles. The highest BCUT2D eigenvalue weighted by molar-refractivity contribution is 5.84. The molecule has 0 aliphatic carbocycles. The third kappa shape index (κ3) is 6.33. The van der Waals surface area contributed by atoms with E-state index >= 15 is 0 Å². The van der Waals surface area contributed by atoms with E-state index in [0.717, 1.165) is 0 Å². The molecule has 1 rings (SSSR count). The van der Waals surface area contributed by atoms with Crippen molar-refractivity contribution in [2.75, 3.05) is 13.3 Å². The van der Waals surface area contributed by atoms with Crippen LogP contribution in [0.3, 0.4) is 0 Å². The summed E-state index contributed by atoms with van der Waals surface area (Å²) in [6, 6.07) is 0. The van der Waals surface area contributed by atoms with E-state index < -0.39 is 23.2 Å². The first-order valence-electron chi connectivity index (χ1n) is 6.86. The fourth-order valence-corrected chi connectivity index (χ4v) is 1.53. The van der Waals surface area contributed by atoms with Gasteiger partial charge in [-0.15, -0.1) is 0 Å². The number of nitrogens with zero attached hydrogens (tertiary/aromatic N) is 1. The quantitative estimate of drug-likeness (QED) is 0.805. The number of hydrogen-bond acceptors (Lipinski definition) is 5. The minimum atomic E-state index is -1.16. The fourth-order valence-electron chi connectivity index (χ4n) is 1.53. The molecule has 21 heavy (non-hydrogen) atoms. The van der Waals surface area contributed by atoms with Gasteiger partial charge in [-0.05, 0) is 40.7 Å². The largest absolute Gasteiger partial charge is 0.444 e. The lowest BCUT2D eigenvalue weighted by Gasteiger charge is -2.28. The summed E-state index contributed by atoms with van der Waals surface area (Å²) in [6.45, 7) is 9.25. The molecule has 1 aliphatic rings. The molecule has 6 heteroatoms. The molecule has 0 fully saturated rings. The number of alkyl carbamates (subject to hydrolysis) is 1. The summed E-state index contributed by atoms with van der Waals surface area (Å²) in [6.07, 6.45) is 6.93. The Labute approximate surface area is 125 Å². The van der Waals surface area contributed by atoms with E-state index in [1.165, 1.54) is 0 Å². The lowest BCUT2D eigenvalue weighted by Crippen LogP contribution is -2.52. The van der Waals surface area contributed by atoms with E-state index in [0.29, 0.717) is 6.54 Å². The SMILES string of the molecule is CC(C)(C)OC(=O)NC(C)(C)C(=O)OCN1C=CC=CC1. The normalized spacial score (nSPS) is 14.8. The van der Waals surface area contributed by atoms with Crippen LogP contribution in [0.2, 0.25) is 0 Å². The summed E-state index contributed by atoms with van der Waals surface area (Å²) in [5, 5.41) is 2.51. The number of esters is 1. The predicted molar refractivity (Wildman–Crippen MR) is 79.4 cm³/mol. The zero-order valence-electron chi connectivity index (χ0n) is 13.3. The number of allylic oxidation sites excluding steroid dienone is 2. The molecule has 0 saturated carbocycles. The fraction of sp³-hybridized carbons (Fsp3) is 0.600. The maximum absolute atomic E-state index is 12.0. The van der Waals surface area contributed by atoms with Crippen LogP contribution in [0.5, 0.6) is 0 Å². The van der Waals surface area contributed by atoms with E-state index in [9.17, 15) is 9.59 Å². The Morgan fingerprint density at radius 3 is 2.38 bits per heavy atom. The zero-order valence-corrected chi connectivity index (χ0v) is 13.3. The second kappa shape index (κ2) is 6.65. The lowest BCUT2D eigenvalue weighted by molar-refractivity contribution is -0.153. The Morgan fingerprint density at radius 1 is 1.19 bits per heavy atom. The molecule has 0 saturated heterocycles. The summed E-state index contributed by atoms with van der Waals surface area (Å²) in [5.41, 5.74) is -1.77. The van der Waals surface area contributed by atoms with Gasteiger partial charge in [0.2, 0.25) is 0 Å². The van der Waals surface area contributed by atoms with Crippen molar-refractivity contribution in [2.45, 2.75) is 45.8 Å². The molecule has 1 aliphatic heterocycles. The van der Waals surface area contributed by atoms with E-state index in [1.54, 1.807) is 34.6 Å². The zero-order chi connectivity index (χ0) is 16.1. The Morgan fingerprint density at radius 2 is 1.86 bits per heavy atom. The van der Waals surface area contributed by atoms with Crippen LogP contribution in [0.15, 0.2) is 24.4 Å². The molecule has 1 N–H and O–H groups in total. The molecular formula is C15H24N2O4. The maximum atomic E-state index is 12.0. The van der Waals surface area contributed by atoms with E-state index in [4.69, 9.17) is 9.47 Å². The molecule has 0 unspecified atom stereocenters. The van der Waals surface area contributed by atoms with Gasteiger partial charge in [0.25, 0.3) is 0 Å². The summed E-state index contributed by atoms with van der Waals surface area (Å²) >= 11 is 0. The van der Waals surface area contributed by atoms with Crippen LogP contribution < -0.4 is 5.32 Å². The number of rotatable bonds is 4. The Hall–Kier alpha value is -1.98. The third-order valence-electron chi connectivity index (χ3n) is 2.57. The monoisotopic (exact) mass is 296 g/mol. The van der Waals surface area contributed by atoms with Gasteiger partial charge in [0.05, 0.1) is 0 Å². The first-order valence-corrected chi connectivity index (χ1v) is 6.86. The van der Waals surface area contributed by atoms with Gasteiger partial charge in [-0.1, -0.05) is 12.2 Å². The highest BCUT2D eigenvalue weighted by atomic mass is 16.6. The van der Waals surface area contributed by atoms with Crippen LogP contribution in [0.25, 0.3) is 0 Å². The van der Waals surface area contributed by atoms with Crippen LogP contribution in [0.1, 0.15) is 34.6 Å². The van der Waals surface area contributed by atoms with Crippen LogP contribution in [-0.4, -0.2) is 41.4 Å². The Balaban J connectivity index is 2.45. The standard InChI is InChI=1S/C15H24N2O4/c1-14(2,3)21-13(19)16-15(4,5)12(18)20-11-17-9-7-6-8-10-17/h6-9H,10-11H2,1-5H3,(H,16,19). The van der Waals surface area contributed by atoms with Gasteiger partial charge in [0, 0.05) is 12.7 Å². The average Bonchev–Trinajstić information content (AvgIpc) is 2.34. The van der Waals surface area contributed by atoms with Gasteiger partial charge in [-0.2, -0.15) is 0 Å². The van der Waals surface area contributed by atoms with Gasteiger partial charge in [0.15, 0.2) is 6.73 Å². The van der Waals surface area contributed by atoms with Gasteiger partial charge in [0.1, 0.15) is 11.1 Å². The minimum absolute atomic E-state index is 0.138. The molecule has 0 aromatic rings. The van der Waals surface area contributed by atoms with Crippen molar-refractivity contribution >= 4 is 12.1 Å². The summed E-state index contributed by atoms with van der Waals surface area (Å²) in [4.78, 5) is 25.6. The van der Waals surface area contributed by atoms with Crippen LogP contribution >= 0.6 is 0 Å². The molecule has 0 bridgehead atoms. The summed E-state index contributed by atoms with van der Waals surface area (Å²) in [5.74, 6) is -0.517. The van der Waals surface area contributed by atoms with Crippen molar-refractivity contribution < 1.29 is 19.1 Å². The topological polar surface area (TPSA) is 67.9 Å². The smallest absolute Gasteiger partial charge is 0.408 e. The minimum Gasteiger partial charge on any atom is -0.444 e. The first-order chi connectivity index (χ1) is 9.60. The summed E-state index contributed by atoms with van der Waals surface area (Å²) < 4.78 is 10.3. The molecule has 6 nitrogen and oxygen atoms in total. The Kier molecular flexibility index (Phi) is 5.41. The van der Waals surface area contributed by atoms with Crippen molar-refractivity contribution in [1.82, 2.24) is 10.2 Å². The van der Waals surface area contributed by atoms with Crippen molar-refractivity contribution in [3.63, 3.8) is 0 Å². The molecule has 1 heterocycles. The average molecular weight is 296 g/mol. The first kappa shape index (κ1) is 17.1.